The van der Waals surface area contributed by atoms with Gasteiger partial charge in [0.15, 0.2) is 5.22 Å². The number of aromatic nitrogens is 2. The number of nitrogens with one attached hydrogen (secondary N) is 1. The monoisotopic (exact) mass is 239 g/mol. The van der Waals surface area contributed by atoms with Crippen molar-refractivity contribution in [2.24, 2.45) is 0 Å². The number of aryl methyl sites for hydroxylation is 1. The first kappa shape index (κ1) is 11.2. The Kier molecular flexibility index (Phi) is 3.31. The molecule has 0 saturated carbocycles. The minimum atomic E-state index is -0.00667. The van der Waals surface area contributed by atoms with Crippen LogP contribution < -0.4 is 5.32 Å². The Morgan fingerprint density at radius 3 is 2.88 bits per heavy atom. The summed E-state index contributed by atoms with van der Waals surface area (Å²) in [5, 5.41) is 7.82. The number of hydrogen-bond donors (Lipinski definition) is 1. The van der Waals surface area contributed by atoms with Crippen molar-refractivity contribution in [3.8, 4) is 0 Å². The van der Waals surface area contributed by atoms with E-state index in [0.29, 0.717) is 5.22 Å². The third kappa shape index (κ3) is 2.13. The molecule has 4 nitrogen and oxygen atoms in total. The molecule has 1 unspecified atom stereocenters. The topological polar surface area (TPSA) is 43.0 Å². The maximum atomic E-state index is 5.77. The SMILES string of the molecule is CCn1cc(C(NC)c2ccc(Cl)o2)cn1. The van der Waals surface area contributed by atoms with Crippen LogP contribution in [0, 0.1) is 0 Å². The van der Waals surface area contributed by atoms with E-state index in [9.17, 15) is 0 Å². The zero-order chi connectivity index (χ0) is 11.5. The van der Waals surface area contributed by atoms with E-state index in [-0.39, 0.29) is 6.04 Å². The van der Waals surface area contributed by atoms with Gasteiger partial charge < -0.3 is 9.73 Å². The number of halogens is 1. The van der Waals surface area contributed by atoms with E-state index in [4.69, 9.17) is 16.0 Å². The van der Waals surface area contributed by atoms with Crippen molar-refractivity contribution in [3.05, 3.63) is 41.1 Å². The largest absolute Gasteiger partial charge is 0.448 e. The second-order valence-electron chi connectivity index (χ2n) is 3.49. The maximum Gasteiger partial charge on any atom is 0.193 e. The number of nitrogens with zero attached hydrogens (tertiary/aromatic N) is 2. The molecule has 5 heteroatoms. The predicted octanol–water partition coefficient (Wildman–Crippen LogP) is 2.46. The Balaban J connectivity index is 2.28. The van der Waals surface area contributed by atoms with Gasteiger partial charge in [0.2, 0.25) is 0 Å². The zero-order valence-corrected chi connectivity index (χ0v) is 10.0. The summed E-state index contributed by atoms with van der Waals surface area (Å²) < 4.78 is 7.28. The van der Waals surface area contributed by atoms with Crippen molar-refractivity contribution < 1.29 is 4.42 Å². The lowest BCUT2D eigenvalue weighted by atomic mass is 10.1. The van der Waals surface area contributed by atoms with Crippen LogP contribution in [0.1, 0.15) is 24.3 Å². The highest BCUT2D eigenvalue weighted by atomic mass is 35.5. The first-order valence-corrected chi connectivity index (χ1v) is 5.57. The Bertz CT molecular complexity index is 463. The lowest BCUT2D eigenvalue weighted by Gasteiger charge is -2.10. The third-order valence-corrected chi connectivity index (χ3v) is 2.68. The second-order valence-corrected chi connectivity index (χ2v) is 3.87. The summed E-state index contributed by atoms with van der Waals surface area (Å²) in [6.45, 7) is 2.91. The van der Waals surface area contributed by atoms with Crippen LogP contribution in [0.5, 0.6) is 0 Å². The van der Waals surface area contributed by atoms with Crippen molar-refractivity contribution >= 4 is 11.6 Å². The average Bonchev–Trinajstić information content (AvgIpc) is 2.89. The van der Waals surface area contributed by atoms with Crippen molar-refractivity contribution in [1.29, 1.82) is 0 Å². The summed E-state index contributed by atoms with van der Waals surface area (Å²) in [7, 11) is 1.88. The molecular formula is C11H14ClN3O. The van der Waals surface area contributed by atoms with Gasteiger partial charge in [-0.1, -0.05) is 0 Å². The van der Waals surface area contributed by atoms with Gasteiger partial charge in [0.25, 0.3) is 0 Å². The summed E-state index contributed by atoms with van der Waals surface area (Å²) in [6.07, 6.45) is 3.83. The van der Waals surface area contributed by atoms with Gasteiger partial charge >= 0.3 is 0 Å². The third-order valence-electron chi connectivity index (χ3n) is 2.48. The minimum Gasteiger partial charge on any atom is -0.448 e. The molecule has 0 aliphatic rings. The Morgan fingerprint density at radius 1 is 1.56 bits per heavy atom. The molecule has 0 saturated heterocycles. The molecule has 0 spiro atoms. The fourth-order valence-electron chi connectivity index (χ4n) is 1.66. The maximum absolute atomic E-state index is 5.77. The van der Waals surface area contributed by atoms with Crippen LogP contribution in [0.4, 0.5) is 0 Å². The van der Waals surface area contributed by atoms with E-state index >= 15 is 0 Å². The standard InChI is InChI=1S/C11H14ClN3O/c1-3-15-7-8(6-14-15)11(13-2)9-4-5-10(12)16-9/h4-7,11,13H,3H2,1-2H3. The lowest BCUT2D eigenvalue weighted by Crippen LogP contribution is -2.16. The number of rotatable bonds is 4. The molecule has 0 aromatic carbocycles. The molecule has 0 fully saturated rings. The lowest BCUT2D eigenvalue weighted by molar-refractivity contribution is 0.464. The van der Waals surface area contributed by atoms with Gasteiger partial charge in [0.05, 0.1) is 12.2 Å². The van der Waals surface area contributed by atoms with E-state index < -0.39 is 0 Å². The summed E-state index contributed by atoms with van der Waals surface area (Å²) >= 11 is 5.77. The molecule has 2 rings (SSSR count). The molecule has 2 heterocycles. The normalized spacial score (nSPS) is 12.9. The summed E-state index contributed by atoms with van der Waals surface area (Å²) in [4.78, 5) is 0. The van der Waals surface area contributed by atoms with E-state index in [2.05, 4.69) is 17.3 Å². The smallest absolute Gasteiger partial charge is 0.193 e. The molecule has 0 aliphatic heterocycles. The molecule has 0 amide bonds. The fourth-order valence-corrected chi connectivity index (χ4v) is 1.81. The molecule has 2 aromatic heterocycles. The number of furan rings is 1. The molecule has 86 valence electrons. The van der Waals surface area contributed by atoms with Gasteiger partial charge in [-0.25, -0.2) is 0 Å². The van der Waals surface area contributed by atoms with Crippen molar-refractivity contribution in [2.75, 3.05) is 7.05 Å². The van der Waals surface area contributed by atoms with Gasteiger partial charge in [-0.3, -0.25) is 4.68 Å². The highest BCUT2D eigenvalue weighted by molar-refractivity contribution is 6.28. The molecule has 0 aliphatic carbocycles. The molecular weight excluding hydrogens is 226 g/mol. The van der Waals surface area contributed by atoms with Gasteiger partial charge in [-0.05, 0) is 37.7 Å². The predicted molar refractivity (Wildman–Crippen MR) is 62.5 cm³/mol. The fraction of sp³-hybridized carbons (Fsp3) is 0.364. The summed E-state index contributed by atoms with van der Waals surface area (Å²) in [6, 6.07) is 3.60. The summed E-state index contributed by atoms with van der Waals surface area (Å²) in [5.41, 5.74) is 1.07. The van der Waals surface area contributed by atoms with Crippen LogP contribution >= 0.6 is 11.6 Å². The van der Waals surface area contributed by atoms with Crippen LogP contribution in [0.25, 0.3) is 0 Å². The van der Waals surface area contributed by atoms with E-state index in [1.165, 1.54) is 0 Å². The van der Waals surface area contributed by atoms with E-state index in [1.54, 1.807) is 6.07 Å². The Labute approximate surface area is 99.2 Å². The molecule has 1 N–H and O–H groups in total. The highest BCUT2D eigenvalue weighted by Crippen LogP contribution is 2.25. The quantitative estimate of drug-likeness (QED) is 0.891. The molecule has 1 atom stereocenters. The van der Waals surface area contributed by atoms with Gasteiger partial charge in [0, 0.05) is 18.3 Å². The molecule has 2 aromatic rings. The Hall–Kier alpha value is -1.26. The van der Waals surface area contributed by atoms with Gasteiger partial charge in [-0.15, -0.1) is 0 Å². The van der Waals surface area contributed by atoms with Crippen LogP contribution in [0.15, 0.2) is 28.9 Å². The van der Waals surface area contributed by atoms with E-state index in [1.807, 2.05) is 30.2 Å². The van der Waals surface area contributed by atoms with E-state index in [0.717, 1.165) is 17.9 Å². The van der Waals surface area contributed by atoms with Crippen LogP contribution in [0.2, 0.25) is 5.22 Å². The zero-order valence-electron chi connectivity index (χ0n) is 9.27. The van der Waals surface area contributed by atoms with Crippen molar-refractivity contribution in [1.82, 2.24) is 15.1 Å². The molecule has 16 heavy (non-hydrogen) atoms. The van der Waals surface area contributed by atoms with Crippen molar-refractivity contribution in [3.63, 3.8) is 0 Å². The first-order valence-electron chi connectivity index (χ1n) is 5.19. The Morgan fingerprint density at radius 2 is 2.38 bits per heavy atom. The van der Waals surface area contributed by atoms with Crippen LogP contribution in [-0.2, 0) is 6.54 Å². The number of hydrogen-bond acceptors (Lipinski definition) is 3. The molecule has 0 radical (unpaired) electrons. The molecule has 0 bridgehead atoms. The minimum absolute atomic E-state index is 0.00667. The van der Waals surface area contributed by atoms with Crippen LogP contribution in [0.3, 0.4) is 0 Å². The second kappa shape index (κ2) is 4.72. The highest BCUT2D eigenvalue weighted by Gasteiger charge is 2.17. The van der Waals surface area contributed by atoms with Gasteiger partial charge in [-0.2, -0.15) is 5.10 Å². The van der Waals surface area contributed by atoms with Gasteiger partial charge in [0.1, 0.15) is 5.76 Å². The summed E-state index contributed by atoms with van der Waals surface area (Å²) in [5.74, 6) is 0.795. The van der Waals surface area contributed by atoms with Crippen LogP contribution in [-0.4, -0.2) is 16.8 Å². The first-order chi connectivity index (χ1) is 7.74. The van der Waals surface area contributed by atoms with Crippen molar-refractivity contribution in [2.45, 2.75) is 19.5 Å². The average molecular weight is 240 g/mol.